The zero-order chi connectivity index (χ0) is 19.1. The third kappa shape index (κ3) is 2.90. The minimum Gasteiger partial charge on any atom is -0.462 e. The van der Waals surface area contributed by atoms with Crippen molar-refractivity contribution >= 4 is 23.0 Å². The van der Waals surface area contributed by atoms with Crippen LogP contribution in [-0.2, 0) is 14.3 Å². The van der Waals surface area contributed by atoms with Crippen LogP contribution < -0.4 is 5.73 Å². The summed E-state index contributed by atoms with van der Waals surface area (Å²) >= 11 is 0. The van der Waals surface area contributed by atoms with Gasteiger partial charge in [-0.3, -0.25) is 9.36 Å². The number of aromatic nitrogens is 4. The van der Waals surface area contributed by atoms with Crippen molar-refractivity contribution < 1.29 is 23.8 Å². The van der Waals surface area contributed by atoms with E-state index in [0.29, 0.717) is 5.57 Å². The Hall–Kier alpha value is -2.59. The highest BCUT2D eigenvalue weighted by molar-refractivity contribution is 5.81. The lowest BCUT2D eigenvalue weighted by Crippen LogP contribution is -2.45. The second-order valence-corrected chi connectivity index (χ2v) is 6.21. The van der Waals surface area contributed by atoms with E-state index in [0.717, 1.165) is 0 Å². The van der Waals surface area contributed by atoms with Crippen LogP contribution in [0.5, 0.6) is 0 Å². The molecule has 1 fully saturated rings. The molecular formula is C16H20FN5O4. The van der Waals surface area contributed by atoms with Gasteiger partial charge in [0.2, 0.25) is 0 Å². The van der Waals surface area contributed by atoms with Gasteiger partial charge in [-0.1, -0.05) is 13.5 Å². The van der Waals surface area contributed by atoms with Gasteiger partial charge >= 0.3 is 12.0 Å². The Morgan fingerprint density at radius 1 is 1.62 bits per heavy atom. The number of carbonyl (C=O) groups excluding carboxylic acids is 1. The van der Waals surface area contributed by atoms with Crippen molar-refractivity contribution in [3.8, 4) is 0 Å². The smallest absolute Gasteiger partial charge is 0.312 e. The molecule has 1 aliphatic rings. The van der Waals surface area contributed by atoms with Gasteiger partial charge in [-0.15, -0.1) is 0 Å². The van der Waals surface area contributed by atoms with E-state index in [9.17, 15) is 14.3 Å². The Morgan fingerprint density at radius 2 is 2.35 bits per heavy atom. The number of ether oxygens (including phenoxy) is 2. The Labute approximate surface area is 148 Å². The molecule has 9 nitrogen and oxygen atoms in total. The molecule has 3 atom stereocenters. The van der Waals surface area contributed by atoms with Crippen molar-refractivity contribution in [2.75, 3.05) is 12.3 Å². The van der Waals surface area contributed by atoms with Gasteiger partial charge in [0.1, 0.15) is 12.8 Å². The summed E-state index contributed by atoms with van der Waals surface area (Å²) in [5.74, 6) is -0.506. The summed E-state index contributed by atoms with van der Waals surface area (Å²) in [5, 5.41) is 10.6. The maximum atomic E-state index is 13.5. The highest BCUT2D eigenvalue weighted by Gasteiger charge is 2.51. The van der Waals surface area contributed by atoms with Crippen molar-refractivity contribution in [1.82, 2.24) is 19.5 Å². The van der Waals surface area contributed by atoms with E-state index in [4.69, 9.17) is 15.2 Å². The van der Waals surface area contributed by atoms with E-state index < -0.39 is 30.0 Å². The number of carbonyl (C=O) groups is 1. The van der Waals surface area contributed by atoms with Crippen LogP contribution in [0, 0.1) is 6.08 Å². The van der Waals surface area contributed by atoms with Crippen LogP contribution in [0.1, 0.15) is 32.9 Å². The lowest BCUT2D eigenvalue weighted by Gasteiger charge is -2.32. The average molecular weight is 365 g/mol. The van der Waals surface area contributed by atoms with Crippen molar-refractivity contribution in [2.24, 2.45) is 0 Å². The molecule has 26 heavy (non-hydrogen) atoms. The normalized spacial score (nSPS) is 25.5. The second-order valence-electron chi connectivity index (χ2n) is 6.21. The van der Waals surface area contributed by atoms with Crippen LogP contribution in [0.4, 0.5) is 10.2 Å². The number of hydrogen-bond donors (Lipinski definition) is 2. The van der Waals surface area contributed by atoms with Crippen LogP contribution in [0.3, 0.4) is 0 Å². The van der Waals surface area contributed by atoms with Crippen molar-refractivity contribution in [3.05, 3.63) is 24.6 Å². The van der Waals surface area contributed by atoms with Crippen LogP contribution in [0.2, 0.25) is 0 Å². The van der Waals surface area contributed by atoms with Crippen molar-refractivity contribution in [2.45, 2.75) is 44.6 Å². The third-order valence-corrected chi connectivity index (χ3v) is 4.50. The van der Waals surface area contributed by atoms with Crippen LogP contribution in [0.15, 0.2) is 18.5 Å². The first-order valence-corrected chi connectivity index (χ1v) is 8.11. The highest BCUT2D eigenvalue weighted by atomic mass is 19.1. The number of anilines is 1. The molecule has 3 heterocycles. The van der Waals surface area contributed by atoms with Gasteiger partial charge in [0.25, 0.3) is 0 Å². The first kappa shape index (κ1) is 18.2. The van der Waals surface area contributed by atoms with Crippen molar-refractivity contribution in [1.29, 1.82) is 0 Å². The summed E-state index contributed by atoms with van der Waals surface area (Å²) in [6.07, 6.45) is -0.963. The Bertz CT molecular complexity index is 870. The second kappa shape index (κ2) is 6.61. The molecule has 0 bridgehead atoms. The molecular weight excluding hydrogens is 345 g/mol. The average Bonchev–Trinajstić information content (AvgIpc) is 3.14. The number of rotatable bonds is 5. The molecule has 0 aliphatic carbocycles. The van der Waals surface area contributed by atoms with Gasteiger partial charge < -0.3 is 20.3 Å². The van der Waals surface area contributed by atoms with Gasteiger partial charge in [0, 0.05) is 12.8 Å². The predicted molar refractivity (Wildman–Crippen MR) is 89.2 cm³/mol. The molecule has 140 valence electrons. The number of nitrogen functional groups attached to an aromatic ring is 1. The highest BCUT2D eigenvalue weighted by Crippen LogP contribution is 2.42. The van der Waals surface area contributed by atoms with E-state index in [2.05, 4.69) is 21.5 Å². The van der Waals surface area contributed by atoms with E-state index in [-0.39, 0.29) is 36.4 Å². The zero-order valence-electron chi connectivity index (χ0n) is 14.5. The summed E-state index contributed by atoms with van der Waals surface area (Å²) in [7, 11) is 0. The molecule has 0 aromatic carbocycles. The maximum absolute atomic E-state index is 13.5. The molecule has 1 aliphatic heterocycles. The van der Waals surface area contributed by atoms with Gasteiger partial charge in [-0.25, -0.2) is 4.98 Å². The predicted octanol–water partition coefficient (Wildman–Crippen LogP) is 1.10. The quantitative estimate of drug-likeness (QED) is 0.458. The number of aliphatic hydroxyl groups excluding tert-OH is 1. The van der Waals surface area contributed by atoms with Gasteiger partial charge in [-0.05, 0) is 12.5 Å². The summed E-state index contributed by atoms with van der Waals surface area (Å²) in [6.45, 7) is 7.03. The Morgan fingerprint density at radius 3 is 3.00 bits per heavy atom. The number of halogens is 1. The minimum absolute atomic E-state index is 0.0900. The number of fused-ring (bicyclic) bond motifs is 1. The van der Waals surface area contributed by atoms with E-state index >= 15 is 0 Å². The first-order chi connectivity index (χ1) is 12.3. The lowest BCUT2D eigenvalue weighted by atomic mass is 9.91. The number of nitrogens with zero attached hydrogens (tertiary/aromatic N) is 4. The molecule has 0 amide bonds. The molecule has 0 saturated carbocycles. The number of imidazole rings is 1. The number of nitrogens with two attached hydrogens (primary N) is 1. The van der Waals surface area contributed by atoms with Crippen molar-refractivity contribution in [3.63, 3.8) is 0 Å². The number of esters is 1. The van der Waals surface area contributed by atoms with Gasteiger partial charge in [0.05, 0.1) is 12.4 Å². The molecule has 10 heteroatoms. The topological polar surface area (TPSA) is 125 Å². The Balaban J connectivity index is 1.94. The van der Waals surface area contributed by atoms with Crippen LogP contribution >= 0.6 is 0 Å². The van der Waals surface area contributed by atoms with Crippen LogP contribution in [-0.4, -0.2) is 48.9 Å². The van der Waals surface area contributed by atoms with E-state index in [1.807, 2.05) is 0 Å². The Kier molecular flexibility index (Phi) is 4.63. The largest absolute Gasteiger partial charge is 0.462 e. The molecule has 3 rings (SSSR count). The molecule has 1 saturated heterocycles. The summed E-state index contributed by atoms with van der Waals surface area (Å²) in [6, 6.07) is 0. The third-order valence-electron chi connectivity index (χ3n) is 4.50. The number of aliphatic hydroxyl groups is 1. The fourth-order valence-corrected chi connectivity index (χ4v) is 2.97. The van der Waals surface area contributed by atoms with Crippen LogP contribution in [0.25, 0.3) is 11.2 Å². The molecule has 0 radical (unpaired) electrons. The SMILES string of the molecule is C=C(C)[C@]1(COC(=O)CC)O[C@@H](n2cnc3c(N)nc(F)nc32)C[C@@H]1O. The molecule has 2 aromatic heterocycles. The molecule has 3 N–H and O–H groups in total. The first-order valence-electron chi connectivity index (χ1n) is 8.11. The molecule has 0 unspecified atom stereocenters. The van der Waals surface area contributed by atoms with Gasteiger partial charge in [0.15, 0.2) is 22.6 Å². The maximum Gasteiger partial charge on any atom is 0.312 e. The molecule has 2 aromatic rings. The lowest BCUT2D eigenvalue weighted by molar-refractivity contribution is -0.158. The van der Waals surface area contributed by atoms with E-state index in [1.165, 1.54) is 10.9 Å². The summed E-state index contributed by atoms with van der Waals surface area (Å²) in [4.78, 5) is 22.8. The van der Waals surface area contributed by atoms with E-state index in [1.54, 1.807) is 13.8 Å². The summed E-state index contributed by atoms with van der Waals surface area (Å²) in [5.41, 5.74) is 5.27. The fourth-order valence-electron chi connectivity index (χ4n) is 2.97. The fraction of sp³-hybridized carbons (Fsp3) is 0.500. The number of hydrogen-bond acceptors (Lipinski definition) is 8. The minimum atomic E-state index is -1.27. The van der Waals surface area contributed by atoms with Gasteiger partial charge in [-0.2, -0.15) is 14.4 Å². The zero-order valence-corrected chi connectivity index (χ0v) is 14.5. The molecule has 0 spiro atoms. The standard InChI is InChI=1S/C16H20FN5O4/c1-4-11(24)25-6-16(8(2)3)9(23)5-10(26-16)22-7-19-12-13(18)20-15(17)21-14(12)22/h7,9-10,23H,2,4-6H2,1,3H3,(H2,18,20,21)/t9-,10+,16-/m0/s1. The summed E-state index contributed by atoms with van der Waals surface area (Å²) < 4.78 is 26.2. The monoisotopic (exact) mass is 365 g/mol.